The van der Waals surface area contributed by atoms with E-state index in [0.717, 1.165) is 6.54 Å². The topological polar surface area (TPSA) is 41.1 Å². The van der Waals surface area contributed by atoms with Gasteiger partial charge in [-0.25, -0.2) is 14.4 Å². The predicted molar refractivity (Wildman–Crippen MR) is 72.2 cm³/mol. The second-order valence-corrected chi connectivity index (χ2v) is 4.97. The predicted octanol–water partition coefficient (Wildman–Crippen LogP) is 2.45. The first-order chi connectivity index (χ1) is 8.43. The highest BCUT2D eigenvalue weighted by molar-refractivity contribution is 5.36. The molecule has 0 spiro atoms. The second-order valence-electron chi connectivity index (χ2n) is 4.97. The summed E-state index contributed by atoms with van der Waals surface area (Å²) in [4.78, 5) is 10.1. The average molecular weight is 254 g/mol. The van der Waals surface area contributed by atoms with Crippen molar-refractivity contribution in [3.8, 4) is 0 Å². The Bertz CT molecular complexity index is 371. The van der Waals surface area contributed by atoms with Gasteiger partial charge in [-0.1, -0.05) is 0 Å². The Morgan fingerprint density at radius 1 is 1.22 bits per heavy atom. The Hall–Kier alpha value is -1.23. The number of anilines is 1. The molecule has 5 heteroatoms. The van der Waals surface area contributed by atoms with Gasteiger partial charge in [-0.15, -0.1) is 0 Å². The lowest BCUT2D eigenvalue weighted by Crippen LogP contribution is -2.40. The molecule has 0 unspecified atom stereocenters. The third kappa shape index (κ3) is 3.91. The summed E-state index contributed by atoms with van der Waals surface area (Å²) < 4.78 is 13.6. The minimum Gasteiger partial charge on any atom is -0.366 e. The van der Waals surface area contributed by atoms with Gasteiger partial charge in [-0.05, 0) is 34.6 Å². The first-order valence-electron chi connectivity index (χ1n) is 6.40. The normalized spacial score (nSPS) is 11.6. The number of nitrogens with one attached hydrogen (secondary N) is 1. The van der Waals surface area contributed by atoms with E-state index >= 15 is 0 Å². The van der Waals surface area contributed by atoms with E-state index in [4.69, 9.17) is 0 Å². The zero-order valence-electron chi connectivity index (χ0n) is 11.9. The molecule has 18 heavy (non-hydrogen) atoms. The first-order valence-corrected chi connectivity index (χ1v) is 6.40. The van der Waals surface area contributed by atoms with E-state index in [1.807, 2.05) is 0 Å². The van der Waals surface area contributed by atoms with Crippen LogP contribution in [0.2, 0.25) is 0 Å². The summed E-state index contributed by atoms with van der Waals surface area (Å²) in [7, 11) is 0. The largest absolute Gasteiger partial charge is 0.366 e. The molecule has 0 aliphatic heterocycles. The maximum atomic E-state index is 13.6. The SMILES string of the molecule is Cc1ncnc(NCCN(C(C)C)C(C)C)c1F. The highest BCUT2D eigenvalue weighted by atomic mass is 19.1. The van der Waals surface area contributed by atoms with Crippen LogP contribution in [0, 0.1) is 12.7 Å². The van der Waals surface area contributed by atoms with Crippen molar-refractivity contribution in [2.75, 3.05) is 18.4 Å². The fourth-order valence-electron chi connectivity index (χ4n) is 2.00. The minimum atomic E-state index is -0.363. The fraction of sp³-hybridized carbons (Fsp3) is 0.692. The summed E-state index contributed by atoms with van der Waals surface area (Å²) in [5.74, 6) is -0.0758. The van der Waals surface area contributed by atoms with E-state index in [1.54, 1.807) is 6.92 Å². The van der Waals surface area contributed by atoms with Gasteiger partial charge in [0, 0.05) is 25.2 Å². The molecule has 4 nitrogen and oxygen atoms in total. The van der Waals surface area contributed by atoms with Gasteiger partial charge in [0.05, 0.1) is 5.69 Å². The van der Waals surface area contributed by atoms with Gasteiger partial charge >= 0.3 is 0 Å². The van der Waals surface area contributed by atoms with Crippen LogP contribution in [0.15, 0.2) is 6.33 Å². The first kappa shape index (κ1) is 14.8. The maximum absolute atomic E-state index is 13.6. The van der Waals surface area contributed by atoms with Crippen LogP contribution < -0.4 is 5.32 Å². The number of halogens is 1. The average Bonchev–Trinajstić information content (AvgIpc) is 2.28. The zero-order valence-corrected chi connectivity index (χ0v) is 11.9. The molecule has 0 fully saturated rings. The Kier molecular flexibility index (Phi) is 5.47. The summed E-state index contributed by atoms with van der Waals surface area (Å²) in [6.45, 7) is 11.8. The Morgan fingerprint density at radius 3 is 2.39 bits per heavy atom. The highest BCUT2D eigenvalue weighted by Gasteiger charge is 2.13. The standard InChI is InChI=1S/C13H23FN4/c1-9(2)18(10(3)4)7-6-15-13-12(14)11(5)16-8-17-13/h8-10H,6-7H2,1-5H3,(H,15,16,17). The number of nitrogens with zero attached hydrogens (tertiary/aromatic N) is 3. The summed E-state index contributed by atoms with van der Waals surface area (Å²) >= 11 is 0. The molecular formula is C13H23FN4. The summed E-state index contributed by atoms with van der Waals surface area (Å²) in [5.41, 5.74) is 0.372. The van der Waals surface area contributed by atoms with Gasteiger partial charge in [0.1, 0.15) is 6.33 Å². The van der Waals surface area contributed by atoms with Crippen molar-refractivity contribution in [2.45, 2.75) is 46.7 Å². The lowest BCUT2D eigenvalue weighted by molar-refractivity contribution is 0.182. The molecular weight excluding hydrogens is 231 g/mol. The van der Waals surface area contributed by atoms with Crippen molar-refractivity contribution in [3.05, 3.63) is 17.8 Å². The minimum absolute atomic E-state index is 0.287. The molecule has 0 bridgehead atoms. The molecule has 0 radical (unpaired) electrons. The van der Waals surface area contributed by atoms with Crippen LogP contribution in [0.5, 0.6) is 0 Å². The van der Waals surface area contributed by atoms with E-state index < -0.39 is 0 Å². The molecule has 1 N–H and O–H groups in total. The molecule has 0 saturated heterocycles. The summed E-state index contributed by atoms with van der Waals surface area (Å²) in [6, 6.07) is 0.951. The van der Waals surface area contributed by atoms with Crippen LogP contribution in [0.4, 0.5) is 10.2 Å². The smallest absolute Gasteiger partial charge is 0.186 e. The molecule has 0 atom stereocenters. The third-order valence-corrected chi connectivity index (χ3v) is 2.95. The molecule has 1 rings (SSSR count). The van der Waals surface area contributed by atoms with Crippen molar-refractivity contribution in [1.82, 2.24) is 14.9 Å². The number of aromatic nitrogens is 2. The highest BCUT2D eigenvalue weighted by Crippen LogP contribution is 2.11. The molecule has 0 aliphatic carbocycles. The molecule has 0 saturated carbocycles. The monoisotopic (exact) mass is 254 g/mol. The lowest BCUT2D eigenvalue weighted by atomic mass is 10.2. The molecule has 1 aromatic heterocycles. The summed E-state index contributed by atoms with van der Waals surface area (Å²) in [6.07, 6.45) is 1.38. The van der Waals surface area contributed by atoms with Gasteiger partial charge in [0.15, 0.2) is 11.6 Å². The Balaban J connectivity index is 2.53. The molecule has 0 aromatic carbocycles. The zero-order chi connectivity index (χ0) is 13.7. The molecule has 1 heterocycles. The Morgan fingerprint density at radius 2 is 1.83 bits per heavy atom. The van der Waals surface area contributed by atoms with Crippen LogP contribution in [0.3, 0.4) is 0 Å². The van der Waals surface area contributed by atoms with Crippen molar-refractivity contribution in [1.29, 1.82) is 0 Å². The van der Waals surface area contributed by atoms with Crippen LogP contribution in [0.25, 0.3) is 0 Å². The third-order valence-electron chi connectivity index (χ3n) is 2.95. The van der Waals surface area contributed by atoms with E-state index in [0.29, 0.717) is 24.3 Å². The van der Waals surface area contributed by atoms with Crippen molar-refractivity contribution >= 4 is 5.82 Å². The van der Waals surface area contributed by atoms with E-state index in [2.05, 4.69) is 47.9 Å². The van der Waals surface area contributed by atoms with Crippen molar-refractivity contribution in [3.63, 3.8) is 0 Å². The quantitative estimate of drug-likeness (QED) is 0.846. The molecule has 1 aromatic rings. The molecule has 0 aliphatic rings. The summed E-state index contributed by atoms with van der Waals surface area (Å²) in [5, 5.41) is 3.03. The lowest BCUT2D eigenvalue weighted by Gasteiger charge is -2.30. The van der Waals surface area contributed by atoms with Crippen LogP contribution in [-0.4, -0.2) is 40.0 Å². The van der Waals surface area contributed by atoms with Gasteiger partial charge < -0.3 is 5.32 Å². The van der Waals surface area contributed by atoms with Crippen LogP contribution >= 0.6 is 0 Å². The van der Waals surface area contributed by atoms with E-state index in [-0.39, 0.29) is 11.6 Å². The van der Waals surface area contributed by atoms with Crippen LogP contribution in [-0.2, 0) is 0 Å². The van der Waals surface area contributed by atoms with Crippen LogP contribution in [0.1, 0.15) is 33.4 Å². The maximum Gasteiger partial charge on any atom is 0.186 e. The van der Waals surface area contributed by atoms with Gasteiger partial charge in [-0.2, -0.15) is 0 Å². The number of hydrogen-bond donors (Lipinski definition) is 1. The van der Waals surface area contributed by atoms with Gasteiger partial charge in [-0.3, -0.25) is 4.90 Å². The number of aryl methyl sites for hydroxylation is 1. The van der Waals surface area contributed by atoms with Gasteiger partial charge in [0.2, 0.25) is 0 Å². The number of hydrogen-bond acceptors (Lipinski definition) is 4. The van der Waals surface area contributed by atoms with Gasteiger partial charge in [0.25, 0.3) is 0 Å². The second kappa shape index (κ2) is 6.64. The fourth-order valence-corrected chi connectivity index (χ4v) is 2.00. The Labute approximate surface area is 109 Å². The van der Waals surface area contributed by atoms with E-state index in [1.165, 1.54) is 6.33 Å². The van der Waals surface area contributed by atoms with Crippen molar-refractivity contribution in [2.24, 2.45) is 0 Å². The number of rotatable bonds is 6. The molecule has 0 amide bonds. The van der Waals surface area contributed by atoms with Crippen molar-refractivity contribution < 1.29 is 4.39 Å². The molecule has 102 valence electrons. The van der Waals surface area contributed by atoms with E-state index in [9.17, 15) is 4.39 Å².